The average Bonchev–Trinajstić information content (AvgIpc) is 2.49. The molecule has 0 aliphatic rings. The highest BCUT2D eigenvalue weighted by Gasteiger charge is 2.24. The predicted octanol–water partition coefficient (Wildman–Crippen LogP) is 1.96. The number of nitrogens with two attached hydrogens (primary N) is 1. The molecular weight excluding hydrogens is 262 g/mol. The molecule has 21 heavy (non-hydrogen) atoms. The van der Waals surface area contributed by atoms with Crippen molar-refractivity contribution < 1.29 is 5.11 Å². The maximum Gasteiger partial charge on any atom is 0.0558 e. The number of aliphatic hydroxyl groups is 1. The molecule has 2 aromatic rings. The van der Waals surface area contributed by atoms with E-state index in [4.69, 9.17) is 5.73 Å². The largest absolute Gasteiger partial charge is 0.395 e. The summed E-state index contributed by atoms with van der Waals surface area (Å²) in [5.74, 6) is 0. The fourth-order valence-corrected chi connectivity index (χ4v) is 2.66. The van der Waals surface area contributed by atoms with Crippen LogP contribution in [0, 0.1) is 0 Å². The second-order valence-electron chi connectivity index (χ2n) is 5.27. The van der Waals surface area contributed by atoms with Gasteiger partial charge in [0.25, 0.3) is 0 Å². The quantitative estimate of drug-likeness (QED) is 0.816. The molecule has 4 heteroatoms. The molecule has 0 amide bonds. The highest BCUT2D eigenvalue weighted by atomic mass is 16.3. The minimum Gasteiger partial charge on any atom is -0.395 e. The molecule has 1 heterocycles. The van der Waals surface area contributed by atoms with Gasteiger partial charge in [0.15, 0.2) is 0 Å². The Morgan fingerprint density at radius 1 is 1.19 bits per heavy atom. The highest BCUT2D eigenvalue weighted by molar-refractivity contribution is 5.19. The molecule has 4 nitrogen and oxygen atoms in total. The van der Waals surface area contributed by atoms with Gasteiger partial charge in [-0.05, 0) is 24.1 Å². The van der Waals surface area contributed by atoms with Gasteiger partial charge >= 0.3 is 0 Å². The molecule has 0 bridgehead atoms. The second kappa shape index (κ2) is 7.88. The van der Waals surface area contributed by atoms with Gasteiger partial charge in [0.1, 0.15) is 0 Å². The molecule has 0 radical (unpaired) electrons. The van der Waals surface area contributed by atoms with Gasteiger partial charge in [-0.3, -0.25) is 9.88 Å². The number of aliphatic hydroxyl groups excluding tert-OH is 1. The van der Waals surface area contributed by atoms with Crippen molar-refractivity contribution in [3.63, 3.8) is 0 Å². The Morgan fingerprint density at radius 3 is 2.52 bits per heavy atom. The zero-order chi connectivity index (χ0) is 15.1. The van der Waals surface area contributed by atoms with Crippen LogP contribution in [-0.2, 0) is 6.54 Å². The molecule has 0 aliphatic heterocycles. The van der Waals surface area contributed by atoms with Crippen LogP contribution < -0.4 is 5.73 Å². The summed E-state index contributed by atoms with van der Waals surface area (Å²) in [5, 5.41) is 9.39. The van der Waals surface area contributed by atoms with Crippen molar-refractivity contribution in [3.05, 3.63) is 66.0 Å². The maximum atomic E-state index is 9.39. The third kappa shape index (κ3) is 4.36. The van der Waals surface area contributed by atoms with E-state index in [2.05, 4.69) is 22.0 Å². The second-order valence-corrected chi connectivity index (χ2v) is 5.27. The Balaban J connectivity index is 2.25. The first-order chi connectivity index (χ1) is 10.2. The first-order valence-electron chi connectivity index (χ1n) is 7.26. The molecule has 2 unspecified atom stereocenters. The molecule has 0 saturated heterocycles. The van der Waals surface area contributed by atoms with Gasteiger partial charge in [0.2, 0.25) is 0 Å². The van der Waals surface area contributed by atoms with Gasteiger partial charge in [0, 0.05) is 31.5 Å². The Bertz CT molecular complexity index is 516. The summed E-state index contributed by atoms with van der Waals surface area (Å²) in [4.78, 5) is 6.40. The molecule has 1 aromatic carbocycles. The van der Waals surface area contributed by atoms with Crippen LogP contribution >= 0.6 is 0 Å². The first kappa shape index (κ1) is 15.6. The normalized spacial score (nSPS) is 14.1. The van der Waals surface area contributed by atoms with E-state index in [1.165, 1.54) is 5.56 Å². The monoisotopic (exact) mass is 285 g/mol. The van der Waals surface area contributed by atoms with E-state index in [9.17, 15) is 5.11 Å². The summed E-state index contributed by atoms with van der Waals surface area (Å²) in [5.41, 5.74) is 8.49. The van der Waals surface area contributed by atoms with E-state index in [-0.39, 0.29) is 18.7 Å². The van der Waals surface area contributed by atoms with Crippen molar-refractivity contribution in [3.8, 4) is 0 Å². The van der Waals surface area contributed by atoms with Gasteiger partial charge < -0.3 is 10.8 Å². The lowest BCUT2D eigenvalue weighted by Gasteiger charge is -2.34. The molecule has 3 N–H and O–H groups in total. The van der Waals surface area contributed by atoms with Crippen LogP contribution in [-0.4, -0.2) is 34.2 Å². The summed E-state index contributed by atoms with van der Waals surface area (Å²) in [6, 6.07) is 14.2. The van der Waals surface area contributed by atoms with Gasteiger partial charge in [0.05, 0.1) is 12.6 Å². The SMILES string of the molecule is CC(N)C(c1cccnc1)N(CCO)Cc1ccccc1. The summed E-state index contributed by atoms with van der Waals surface area (Å²) in [6.45, 7) is 3.43. The Kier molecular flexibility index (Phi) is 5.87. The van der Waals surface area contributed by atoms with Crippen molar-refractivity contribution >= 4 is 0 Å². The van der Waals surface area contributed by atoms with Crippen molar-refractivity contribution in [1.82, 2.24) is 9.88 Å². The molecule has 2 atom stereocenters. The number of nitrogens with zero attached hydrogens (tertiary/aromatic N) is 2. The number of hydrogen-bond donors (Lipinski definition) is 2. The van der Waals surface area contributed by atoms with Crippen LogP contribution in [0.3, 0.4) is 0 Å². The smallest absolute Gasteiger partial charge is 0.0558 e. The summed E-state index contributed by atoms with van der Waals surface area (Å²) >= 11 is 0. The number of pyridine rings is 1. The zero-order valence-electron chi connectivity index (χ0n) is 12.4. The van der Waals surface area contributed by atoms with Crippen molar-refractivity contribution in [1.29, 1.82) is 0 Å². The van der Waals surface area contributed by atoms with Gasteiger partial charge in [-0.2, -0.15) is 0 Å². The minimum atomic E-state index is -0.0514. The molecule has 0 spiro atoms. The molecule has 2 rings (SSSR count). The van der Waals surface area contributed by atoms with E-state index >= 15 is 0 Å². The topological polar surface area (TPSA) is 62.4 Å². The zero-order valence-corrected chi connectivity index (χ0v) is 12.4. The van der Waals surface area contributed by atoms with Crippen LogP contribution in [0.2, 0.25) is 0 Å². The number of aromatic nitrogens is 1. The summed E-state index contributed by atoms with van der Waals surface area (Å²) in [7, 11) is 0. The molecule has 0 saturated carbocycles. The predicted molar refractivity (Wildman–Crippen MR) is 84.6 cm³/mol. The van der Waals surface area contributed by atoms with Crippen LogP contribution in [0.5, 0.6) is 0 Å². The van der Waals surface area contributed by atoms with Crippen molar-refractivity contribution in [2.24, 2.45) is 5.73 Å². The van der Waals surface area contributed by atoms with Crippen LogP contribution in [0.25, 0.3) is 0 Å². The van der Waals surface area contributed by atoms with E-state index in [0.29, 0.717) is 6.54 Å². The third-order valence-corrected chi connectivity index (χ3v) is 3.53. The minimum absolute atomic E-state index is 0.0334. The summed E-state index contributed by atoms with van der Waals surface area (Å²) in [6.07, 6.45) is 3.61. The molecule has 0 aliphatic carbocycles. The molecular formula is C17H23N3O. The Morgan fingerprint density at radius 2 is 1.95 bits per heavy atom. The van der Waals surface area contributed by atoms with Gasteiger partial charge in [-0.25, -0.2) is 0 Å². The fraction of sp³-hybridized carbons (Fsp3) is 0.353. The van der Waals surface area contributed by atoms with Gasteiger partial charge in [-0.15, -0.1) is 0 Å². The van der Waals surface area contributed by atoms with E-state index in [1.54, 1.807) is 6.20 Å². The lowest BCUT2D eigenvalue weighted by molar-refractivity contribution is 0.129. The number of hydrogen-bond acceptors (Lipinski definition) is 4. The number of benzene rings is 1. The number of rotatable bonds is 7. The molecule has 1 aromatic heterocycles. The lowest BCUT2D eigenvalue weighted by atomic mass is 10.00. The average molecular weight is 285 g/mol. The Hall–Kier alpha value is -1.75. The Labute approximate surface area is 126 Å². The standard InChI is InChI=1S/C17H23N3O/c1-14(18)17(16-8-5-9-19-12-16)20(10-11-21)13-15-6-3-2-4-7-15/h2-9,12,14,17,21H,10-11,13,18H2,1H3. The van der Waals surface area contributed by atoms with Gasteiger partial charge in [-0.1, -0.05) is 36.4 Å². The van der Waals surface area contributed by atoms with E-state index in [0.717, 1.165) is 12.1 Å². The van der Waals surface area contributed by atoms with Crippen molar-refractivity contribution in [2.45, 2.75) is 25.6 Å². The van der Waals surface area contributed by atoms with Crippen LogP contribution in [0.4, 0.5) is 0 Å². The molecule has 0 fully saturated rings. The van der Waals surface area contributed by atoms with Crippen molar-refractivity contribution in [2.75, 3.05) is 13.2 Å². The third-order valence-electron chi connectivity index (χ3n) is 3.53. The highest BCUT2D eigenvalue weighted by Crippen LogP contribution is 2.24. The lowest BCUT2D eigenvalue weighted by Crippen LogP contribution is -2.40. The summed E-state index contributed by atoms with van der Waals surface area (Å²) < 4.78 is 0. The molecule has 112 valence electrons. The van der Waals surface area contributed by atoms with Crippen LogP contribution in [0.1, 0.15) is 24.1 Å². The van der Waals surface area contributed by atoms with E-state index in [1.807, 2.05) is 43.5 Å². The first-order valence-corrected chi connectivity index (χ1v) is 7.26. The maximum absolute atomic E-state index is 9.39. The fourth-order valence-electron chi connectivity index (χ4n) is 2.66. The van der Waals surface area contributed by atoms with Crippen LogP contribution in [0.15, 0.2) is 54.9 Å². The van der Waals surface area contributed by atoms with E-state index < -0.39 is 0 Å².